The van der Waals surface area contributed by atoms with E-state index in [4.69, 9.17) is 0 Å². The highest BCUT2D eigenvalue weighted by molar-refractivity contribution is 8.01. The van der Waals surface area contributed by atoms with Gasteiger partial charge in [0.05, 0.1) is 24.0 Å². The monoisotopic (exact) mass is 265 g/mol. The molecule has 1 heterocycles. The van der Waals surface area contributed by atoms with Gasteiger partial charge >= 0.3 is 5.97 Å². The van der Waals surface area contributed by atoms with Crippen molar-refractivity contribution in [2.75, 3.05) is 12.4 Å². The number of amides is 1. The van der Waals surface area contributed by atoms with Crippen LogP contribution in [0, 0.1) is 0 Å². The summed E-state index contributed by atoms with van der Waals surface area (Å²) in [5.41, 5.74) is 1.69. The van der Waals surface area contributed by atoms with Crippen molar-refractivity contribution in [3.8, 4) is 0 Å². The second-order valence-corrected chi connectivity index (χ2v) is 6.31. The first-order chi connectivity index (χ1) is 8.42. The van der Waals surface area contributed by atoms with Gasteiger partial charge in [-0.1, -0.05) is 6.07 Å². The number of rotatable bonds is 2. The van der Waals surface area contributed by atoms with Gasteiger partial charge in [-0.15, -0.1) is 11.8 Å². The molecule has 0 radical (unpaired) electrons. The summed E-state index contributed by atoms with van der Waals surface area (Å²) < 4.78 is 4.15. The molecule has 0 aliphatic carbocycles. The van der Waals surface area contributed by atoms with Crippen LogP contribution in [0.1, 0.15) is 19.4 Å². The molecule has 18 heavy (non-hydrogen) atoms. The summed E-state index contributed by atoms with van der Waals surface area (Å²) in [5.74, 6) is -0.264. The molecule has 0 fully saturated rings. The van der Waals surface area contributed by atoms with Crippen LogP contribution in [0.4, 0.5) is 5.69 Å². The number of benzene rings is 1. The molecule has 1 amide bonds. The molecule has 0 spiro atoms. The number of carbonyl (C=O) groups excluding carboxylic acids is 2. The highest BCUT2D eigenvalue weighted by atomic mass is 32.2. The summed E-state index contributed by atoms with van der Waals surface area (Å²) in [6.07, 6.45) is 0.249. The van der Waals surface area contributed by atoms with Crippen LogP contribution in [-0.2, 0) is 20.7 Å². The van der Waals surface area contributed by atoms with Crippen LogP contribution in [0.3, 0.4) is 0 Å². The van der Waals surface area contributed by atoms with Crippen molar-refractivity contribution in [2.24, 2.45) is 0 Å². The smallest absolute Gasteiger partial charge is 0.309 e. The van der Waals surface area contributed by atoms with E-state index in [1.807, 2.05) is 32.0 Å². The Balaban J connectivity index is 2.27. The second-order valence-electron chi connectivity index (χ2n) is 4.65. The third-order valence-electron chi connectivity index (χ3n) is 2.78. The number of esters is 1. The number of thioether (sulfide) groups is 1. The Kier molecular flexibility index (Phi) is 3.34. The molecule has 1 aromatic carbocycles. The Morgan fingerprint density at radius 1 is 1.44 bits per heavy atom. The van der Waals surface area contributed by atoms with Gasteiger partial charge < -0.3 is 10.1 Å². The molecule has 2 rings (SSSR count). The molecule has 4 nitrogen and oxygen atoms in total. The molecule has 96 valence electrons. The minimum absolute atomic E-state index is 0.000665. The predicted molar refractivity (Wildman–Crippen MR) is 70.7 cm³/mol. The normalized spacial score (nSPS) is 16.7. The van der Waals surface area contributed by atoms with Crippen LogP contribution in [0.5, 0.6) is 0 Å². The molecule has 0 saturated carbocycles. The van der Waals surface area contributed by atoms with E-state index < -0.39 is 4.75 Å². The van der Waals surface area contributed by atoms with E-state index in [-0.39, 0.29) is 18.3 Å². The predicted octanol–water partition coefficient (Wildman–Crippen LogP) is 2.22. The minimum atomic E-state index is -0.489. The first-order valence-corrected chi connectivity index (χ1v) is 6.44. The fourth-order valence-electron chi connectivity index (χ4n) is 1.70. The van der Waals surface area contributed by atoms with Crippen LogP contribution in [0.2, 0.25) is 0 Å². The molecule has 0 aromatic heterocycles. The lowest BCUT2D eigenvalue weighted by Gasteiger charge is -2.29. The minimum Gasteiger partial charge on any atom is -0.469 e. The average Bonchev–Trinajstić information content (AvgIpc) is 2.30. The Morgan fingerprint density at radius 2 is 2.17 bits per heavy atom. The topological polar surface area (TPSA) is 55.4 Å². The van der Waals surface area contributed by atoms with Crippen molar-refractivity contribution in [1.29, 1.82) is 0 Å². The van der Waals surface area contributed by atoms with Gasteiger partial charge in [0.15, 0.2) is 0 Å². The molecular formula is C13H15NO3S. The summed E-state index contributed by atoms with van der Waals surface area (Å²) >= 11 is 1.51. The van der Waals surface area contributed by atoms with Crippen LogP contribution in [-0.4, -0.2) is 23.7 Å². The maximum atomic E-state index is 11.8. The van der Waals surface area contributed by atoms with E-state index in [1.54, 1.807) is 0 Å². The van der Waals surface area contributed by atoms with E-state index in [1.165, 1.54) is 18.9 Å². The van der Waals surface area contributed by atoms with Crippen molar-refractivity contribution in [3.05, 3.63) is 23.8 Å². The van der Waals surface area contributed by atoms with Gasteiger partial charge in [-0.2, -0.15) is 0 Å². The number of anilines is 1. The first kappa shape index (κ1) is 13.0. The Bertz CT molecular complexity index is 511. The number of ether oxygens (including phenoxy) is 1. The molecular weight excluding hydrogens is 250 g/mol. The SMILES string of the molecule is COC(=O)Cc1ccc2c(c1)SC(C)(C)C(=O)N2. The van der Waals surface area contributed by atoms with Crippen molar-refractivity contribution in [1.82, 2.24) is 0 Å². The highest BCUT2D eigenvalue weighted by Crippen LogP contribution is 2.42. The molecule has 5 heteroatoms. The number of hydrogen-bond donors (Lipinski definition) is 1. The quantitative estimate of drug-likeness (QED) is 0.833. The van der Waals surface area contributed by atoms with Gasteiger partial charge in [0, 0.05) is 4.90 Å². The largest absolute Gasteiger partial charge is 0.469 e. The summed E-state index contributed by atoms with van der Waals surface area (Å²) in [7, 11) is 1.37. The van der Waals surface area contributed by atoms with E-state index in [0.29, 0.717) is 0 Å². The number of methoxy groups -OCH3 is 1. The van der Waals surface area contributed by atoms with E-state index in [9.17, 15) is 9.59 Å². The number of hydrogen-bond acceptors (Lipinski definition) is 4. The van der Waals surface area contributed by atoms with Crippen LogP contribution >= 0.6 is 11.8 Å². The molecule has 0 bridgehead atoms. The van der Waals surface area contributed by atoms with Crippen LogP contribution in [0.15, 0.2) is 23.1 Å². The fourth-order valence-corrected chi connectivity index (χ4v) is 2.83. The number of fused-ring (bicyclic) bond motifs is 1. The van der Waals surface area contributed by atoms with Gasteiger partial charge in [0.2, 0.25) is 5.91 Å². The Labute approximate surface area is 110 Å². The molecule has 1 aromatic rings. The van der Waals surface area contributed by atoms with E-state index in [2.05, 4.69) is 10.1 Å². The number of nitrogens with one attached hydrogen (secondary N) is 1. The molecule has 0 unspecified atom stereocenters. The van der Waals surface area contributed by atoms with Gasteiger partial charge in [-0.05, 0) is 31.5 Å². The lowest BCUT2D eigenvalue weighted by atomic mass is 10.1. The first-order valence-electron chi connectivity index (χ1n) is 5.62. The summed E-state index contributed by atoms with van der Waals surface area (Å²) in [6.45, 7) is 3.76. The third-order valence-corrected chi connectivity index (χ3v) is 4.04. The van der Waals surface area contributed by atoms with Crippen molar-refractivity contribution >= 4 is 29.3 Å². The summed E-state index contributed by atoms with van der Waals surface area (Å²) in [6, 6.07) is 5.58. The van der Waals surface area contributed by atoms with Gasteiger partial charge in [0.1, 0.15) is 0 Å². The lowest BCUT2D eigenvalue weighted by molar-refractivity contribution is -0.139. The van der Waals surface area contributed by atoms with Crippen LogP contribution < -0.4 is 5.32 Å². The third kappa shape index (κ3) is 2.51. The maximum absolute atomic E-state index is 11.8. The Hall–Kier alpha value is -1.49. The zero-order valence-corrected chi connectivity index (χ0v) is 11.4. The molecule has 1 aliphatic rings. The van der Waals surface area contributed by atoms with Crippen LogP contribution in [0.25, 0.3) is 0 Å². The summed E-state index contributed by atoms with van der Waals surface area (Å²) in [5, 5.41) is 2.87. The van der Waals surface area contributed by atoms with Crippen molar-refractivity contribution < 1.29 is 14.3 Å². The van der Waals surface area contributed by atoms with E-state index >= 15 is 0 Å². The zero-order chi connectivity index (χ0) is 13.3. The maximum Gasteiger partial charge on any atom is 0.309 e. The highest BCUT2D eigenvalue weighted by Gasteiger charge is 2.34. The standard InChI is InChI=1S/C13H15NO3S/c1-13(2)12(16)14-9-5-4-8(6-10(9)18-13)7-11(15)17-3/h4-6H,7H2,1-3H3,(H,14,16). The van der Waals surface area contributed by atoms with Gasteiger partial charge in [-0.3, -0.25) is 9.59 Å². The number of carbonyl (C=O) groups is 2. The molecule has 1 N–H and O–H groups in total. The average molecular weight is 265 g/mol. The molecule has 1 aliphatic heterocycles. The lowest BCUT2D eigenvalue weighted by Crippen LogP contribution is -2.37. The van der Waals surface area contributed by atoms with E-state index in [0.717, 1.165) is 16.1 Å². The molecule has 0 atom stereocenters. The molecule has 0 saturated heterocycles. The Morgan fingerprint density at radius 3 is 2.83 bits per heavy atom. The van der Waals surface area contributed by atoms with Gasteiger partial charge in [-0.25, -0.2) is 0 Å². The second kappa shape index (κ2) is 4.65. The van der Waals surface area contributed by atoms with Crippen molar-refractivity contribution in [2.45, 2.75) is 29.9 Å². The van der Waals surface area contributed by atoms with Gasteiger partial charge in [0.25, 0.3) is 0 Å². The fraction of sp³-hybridized carbons (Fsp3) is 0.385. The summed E-state index contributed by atoms with van der Waals surface area (Å²) in [4.78, 5) is 24.0. The zero-order valence-electron chi connectivity index (χ0n) is 10.6. The van der Waals surface area contributed by atoms with Crippen molar-refractivity contribution in [3.63, 3.8) is 0 Å².